The summed E-state index contributed by atoms with van der Waals surface area (Å²) in [5.74, 6) is -0.644. The van der Waals surface area contributed by atoms with E-state index >= 15 is 0 Å². The number of hydrogen-bond donors (Lipinski definition) is 4. The summed E-state index contributed by atoms with van der Waals surface area (Å²) in [6.45, 7) is 1.45. The fraction of sp³-hybridized carbons (Fsp3) is 0.0667. The molecule has 0 saturated carbocycles. The van der Waals surface area contributed by atoms with Gasteiger partial charge in [-0.15, -0.1) is 0 Å². The van der Waals surface area contributed by atoms with E-state index in [4.69, 9.17) is 11.5 Å². The van der Waals surface area contributed by atoms with Crippen LogP contribution < -0.4 is 22.1 Å². The second-order valence-electron chi connectivity index (χ2n) is 4.55. The summed E-state index contributed by atoms with van der Waals surface area (Å²) in [6, 6.07) is 12.0. The molecular weight excluding hydrogens is 268 g/mol. The molecule has 0 heterocycles. The number of benzene rings is 2. The topological polar surface area (TPSA) is 110 Å². The zero-order valence-corrected chi connectivity index (χ0v) is 11.5. The second-order valence-corrected chi connectivity index (χ2v) is 4.55. The minimum absolute atomic E-state index is 0.123. The standard InChI is InChI=1S/C15H16N4O2/c1-9(20)18-11-3-5-12(6-4-11)19-14-7-2-10(15(17)21)8-13(14)16/h2-8,19H,16H2,1H3,(H2,17,21)(H,18,20). The van der Waals surface area contributed by atoms with Crippen molar-refractivity contribution < 1.29 is 9.59 Å². The molecule has 0 unspecified atom stereocenters. The van der Waals surface area contributed by atoms with Crippen LogP contribution in [0.4, 0.5) is 22.7 Å². The summed E-state index contributed by atoms with van der Waals surface area (Å²) in [6.07, 6.45) is 0. The van der Waals surface area contributed by atoms with Crippen molar-refractivity contribution in [3.05, 3.63) is 48.0 Å². The van der Waals surface area contributed by atoms with Crippen molar-refractivity contribution in [1.29, 1.82) is 0 Å². The van der Waals surface area contributed by atoms with Crippen LogP contribution in [0, 0.1) is 0 Å². The Bertz CT molecular complexity index is 681. The summed E-state index contributed by atoms with van der Waals surface area (Å²) in [7, 11) is 0. The normalized spacial score (nSPS) is 9.95. The van der Waals surface area contributed by atoms with Crippen LogP contribution in [0.2, 0.25) is 0 Å². The van der Waals surface area contributed by atoms with Crippen molar-refractivity contribution in [2.24, 2.45) is 5.73 Å². The Morgan fingerprint density at radius 1 is 1.00 bits per heavy atom. The molecule has 6 N–H and O–H groups in total. The van der Waals surface area contributed by atoms with E-state index in [-0.39, 0.29) is 5.91 Å². The number of hydrogen-bond acceptors (Lipinski definition) is 4. The largest absolute Gasteiger partial charge is 0.397 e. The summed E-state index contributed by atoms with van der Waals surface area (Å²) >= 11 is 0. The van der Waals surface area contributed by atoms with E-state index in [1.807, 2.05) is 12.1 Å². The smallest absolute Gasteiger partial charge is 0.248 e. The molecule has 0 aliphatic heterocycles. The lowest BCUT2D eigenvalue weighted by atomic mass is 10.1. The van der Waals surface area contributed by atoms with Crippen molar-refractivity contribution in [1.82, 2.24) is 0 Å². The third kappa shape index (κ3) is 3.73. The van der Waals surface area contributed by atoms with E-state index in [9.17, 15) is 9.59 Å². The first-order chi connectivity index (χ1) is 9.95. The molecule has 0 radical (unpaired) electrons. The summed E-state index contributed by atoms with van der Waals surface area (Å²) in [4.78, 5) is 22.0. The van der Waals surface area contributed by atoms with Crippen LogP contribution in [-0.2, 0) is 4.79 Å². The van der Waals surface area contributed by atoms with Gasteiger partial charge in [-0.3, -0.25) is 9.59 Å². The van der Waals surface area contributed by atoms with Gasteiger partial charge in [0.25, 0.3) is 0 Å². The molecule has 2 amide bonds. The molecule has 108 valence electrons. The van der Waals surface area contributed by atoms with Crippen LogP contribution in [0.25, 0.3) is 0 Å². The van der Waals surface area contributed by atoms with Gasteiger partial charge in [-0.1, -0.05) is 0 Å². The molecule has 2 aromatic carbocycles. The maximum absolute atomic E-state index is 11.1. The van der Waals surface area contributed by atoms with Crippen LogP contribution >= 0.6 is 0 Å². The van der Waals surface area contributed by atoms with Gasteiger partial charge in [0.05, 0.1) is 11.4 Å². The quantitative estimate of drug-likeness (QED) is 0.644. The SMILES string of the molecule is CC(=O)Nc1ccc(Nc2ccc(C(N)=O)cc2N)cc1. The van der Waals surface area contributed by atoms with Gasteiger partial charge in [0.15, 0.2) is 0 Å². The Labute approximate surface area is 122 Å². The number of primary amides is 1. The zero-order chi connectivity index (χ0) is 15.4. The molecule has 6 nitrogen and oxygen atoms in total. The van der Waals surface area contributed by atoms with Crippen molar-refractivity contribution >= 4 is 34.6 Å². The molecule has 0 spiro atoms. The third-order valence-electron chi connectivity index (χ3n) is 2.82. The van der Waals surface area contributed by atoms with Crippen molar-refractivity contribution in [2.75, 3.05) is 16.4 Å². The van der Waals surface area contributed by atoms with Gasteiger partial charge < -0.3 is 22.1 Å². The first-order valence-electron chi connectivity index (χ1n) is 6.29. The molecule has 0 aliphatic rings. The fourth-order valence-corrected chi connectivity index (χ4v) is 1.83. The van der Waals surface area contributed by atoms with Crippen molar-refractivity contribution in [2.45, 2.75) is 6.92 Å². The maximum atomic E-state index is 11.1. The first-order valence-corrected chi connectivity index (χ1v) is 6.29. The number of carbonyl (C=O) groups excluding carboxylic acids is 2. The molecule has 21 heavy (non-hydrogen) atoms. The lowest BCUT2D eigenvalue weighted by Gasteiger charge is -2.11. The fourth-order valence-electron chi connectivity index (χ4n) is 1.83. The number of amides is 2. The minimum atomic E-state index is -0.520. The molecule has 0 bridgehead atoms. The highest BCUT2D eigenvalue weighted by Gasteiger charge is 2.05. The third-order valence-corrected chi connectivity index (χ3v) is 2.82. The lowest BCUT2D eigenvalue weighted by molar-refractivity contribution is -0.114. The van der Waals surface area contributed by atoms with Crippen LogP contribution in [0.15, 0.2) is 42.5 Å². The van der Waals surface area contributed by atoms with Gasteiger partial charge in [0.2, 0.25) is 11.8 Å². The monoisotopic (exact) mass is 284 g/mol. The van der Waals surface area contributed by atoms with Crippen molar-refractivity contribution in [3.8, 4) is 0 Å². The zero-order valence-electron chi connectivity index (χ0n) is 11.5. The molecule has 0 fully saturated rings. The summed E-state index contributed by atoms with van der Waals surface area (Å²) in [5, 5.41) is 5.81. The number of nitrogens with one attached hydrogen (secondary N) is 2. The predicted octanol–water partition coefficient (Wildman–Crippen LogP) is 2.07. The molecule has 2 rings (SSSR count). The number of nitrogens with two attached hydrogens (primary N) is 2. The number of nitrogen functional groups attached to an aromatic ring is 1. The Morgan fingerprint density at radius 2 is 1.62 bits per heavy atom. The molecule has 6 heteroatoms. The second kappa shape index (κ2) is 5.96. The lowest BCUT2D eigenvalue weighted by Crippen LogP contribution is -2.11. The van der Waals surface area contributed by atoms with E-state index in [2.05, 4.69) is 10.6 Å². The highest BCUT2D eigenvalue weighted by Crippen LogP contribution is 2.25. The number of carbonyl (C=O) groups is 2. The van der Waals surface area contributed by atoms with E-state index in [1.54, 1.807) is 24.3 Å². The van der Waals surface area contributed by atoms with Gasteiger partial charge in [-0.2, -0.15) is 0 Å². The highest BCUT2D eigenvalue weighted by atomic mass is 16.1. The van der Waals surface area contributed by atoms with E-state index < -0.39 is 5.91 Å². The average molecular weight is 284 g/mol. The first kappa shape index (κ1) is 14.4. The van der Waals surface area contributed by atoms with Crippen molar-refractivity contribution in [3.63, 3.8) is 0 Å². The Hall–Kier alpha value is -3.02. The molecular formula is C15H16N4O2. The molecule has 0 saturated heterocycles. The Morgan fingerprint density at radius 3 is 2.14 bits per heavy atom. The average Bonchev–Trinajstić information content (AvgIpc) is 2.42. The molecule has 2 aromatic rings. The maximum Gasteiger partial charge on any atom is 0.248 e. The Kier molecular flexibility index (Phi) is 4.08. The van der Waals surface area contributed by atoms with Crippen LogP contribution in [0.5, 0.6) is 0 Å². The predicted molar refractivity (Wildman–Crippen MR) is 83.4 cm³/mol. The van der Waals surface area contributed by atoms with E-state index in [1.165, 1.54) is 13.0 Å². The summed E-state index contributed by atoms with van der Waals surface area (Å²) < 4.78 is 0. The van der Waals surface area contributed by atoms with Gasteiger partial charge >= 0.3 is 0 Å². The summed E-state index contributed by atoms with van der Waals surface area (Å²) in [5.41, 5.74) is 14.1. The highest BCUT2D eigenvalue weighted by molar-refractivity contribution is 5.95. The molecule has 0 aliphatic carbocycles. The number of anilines is 4. The van der Waals surface area contributed by atoms with Gasteiger partial charge in [-0.25, -0.2) is 0 Å². The number of rotatable bonds is 4. The minimum Gasteiger partial charge on any atom is -0.397 e. The molecule has 0 atom stereocenters. The van der Waals surface area contributed by atoms with Gasteiger partial charge in [0.1, 0.15) is 0 Å². The van der Waals surface area contributed by atoms with E-state index in [0.717, 1.165) is 5.69 Å². The van der Waals surface area contributed by atoms with Gasteiger partial charge in [0, 0.05) is 23.9 Å². The van der Waals surface area contributed by atoms with E-state index in [0.29, 0.717) is 22.6 Å². The van der Waals surface area contributed by atoms with Crippen LogP contribution in [-0.4, -0.2) is 11.8 Å². The Balaban J connectivity index is 2.14. The van der Waals surface area contributed by atoms with Crippen LogP contribution in [0.3, 0.4) is 0 Å². The van der Waals surface area contributed by atoms with Crippen LogP contribution in [0.1, 0.15) is 17.3 Å². The van der Waals surface area contributed by atoms with Gasteiger partial charge in [-0.05, 0) is 42.5 Å². The molecule has 0 aromatic heterocycles.